The number of nitrogens with zero attached hydrogens (tertiary/aromatic N) is 1. The van der Waals surface area contributed by atoms with Crippen molar-refractivity contribution >= 4 is 0 Å². The molecule has 0 atom stereocenters. The molecule has 0 saturated carbocycles. The van der Waals surface area contributed by atoms with E-state index in [9.17, 15) is 0 Å². The van der Waals surface area contributed by atoms with Crippen LogP contribution in [0.5, 0.6) is 0 Å². The predicted molar refractivity (Wildman–Crippen MR) is 56.9 cm³/mol. The summed E-state index contributed by atoms with van der Waals surface area (Å²) in [5.74, 6) is 0. The fourth-order valence-corrected chi connectivity index (χ4v) is 1.20. The lowest BCUT2D eigenvalue weighted by Gasteiger charge is -2.15. The minimum atomic E-state index is 0.795. The van der Waals surface area contributed by atoms with Crippen LogP contribution in [0.4, 0.5) is 0 Å². The van der Waals surface area contributed by atoms with E-state index in [1.165, 1.54) is 12.8 Å². The smallest absolute Gasteiger partial charge is 0.0466 e. The van der Waals surface area contributed by atoms with Crippen molar-refractivity contribution in [1.82, 2.24) is 4.90 Å². The minimum Gasteiger partial charge on any atom is -0.382 e. The molecule has 2 N–H and O–H groups in total. The molecular weight excluding hydrogens is 164 g/mol. The summed E-state index contributed by atoms with van der Waals surface area (Å²) in [6.07, 6.45) is 3.49. The molecule has 13 heavy (non-hydrogen) atoms. The van der Waals surface area contributed by atoms with Crippen LogP contribution in [0.15, 0.2) is 0 Å². The molecule has 0 aliphatic carbocycles. The maximum atomic E-state index is 5.42. The van der Waals surface area contributed by atoms with Crippen molar-refractivity contribution in [2.75, 3.05) is 39.9 Å². The summed E-state index contributed by atoms with van der Waals surface area (Å²) in [5.41, 5.74) is 5.42. The standard InChI is InChI=1S/C10H24N2O/c1-3-13-10-5-4-8-12(2)9-6-7-11/h3-11H2,1-2H3. The summed E-state index contributed by atoms with van der Waals surface area (Å²) in [5, 5.41) is 0. The topological polar surface area (TPSA) is 38.5 Å². The van der Waals surface area contributed by atoms with E-state index < -0.39 is 0 Å². The van der Waals surface area contributed by atoms with Crippen molar-refractivity contribution in [2.45, 2.75) is 26.2 Å². The van der Waals surface area contributed by atoms with E-state index in [-0.39, 0.29) is 0 Å². The molecule has 3 heteroatoms. The third kappa shape index (κ3) is 9.80. The van der Waals surface area contributed by atoms with Gasteiger partial charge in [0.1, 0.15) is 0 Å². The van der Waals surface area contributed by atoms with Crippen molar-refractivity contribution < 1.29 is 4.74 Å². The van der Waals surface area contributed by atoms with Gasteiger partial charge in [0.2, 0.25) is 0 Å². The highest BCUT2D eigenvalue weighted by Crippen LogP contribution is 1.94. The van der Waals surface area contributed by atoms with Gasteiger partial charge in [-0.3, -0.25) is 0 Å². The van der Waals surface area contributed by atoms with Crippen molar-refractivity contribution in [3.8, 4) is 0 Å². The minimum absolute atomic E-state index is 0.795. The summed E-state index contributed by atoms with van der Waals surface area (Å²) >= 11 is 0. The molecule has 0 saturated heterocycles. The molecule has 0 rings (SSSR count). The van der Waals surface area contributed by atoms with Crippen LogP contribution in [0.2, 0.25) is 0 Å². The van der Waals surface area contributed by atoms with E-state index in [1.54, 1.807) is 0 Å². The zero-order chi connectivity index (χ0) is 9.94. The molecule has 0 radical (unpaired) electrons. The van der Waals surface area contributed by atoms with Crippen LogP contribution < -0.4 is 5.73 Å². The van der Waals surface area contributed by atoms with Crippen LogP contribution >= 0.6 is 0 Å². The van der Waals surface area contributed by atoms with Gasteiger partial charge in [0.05, 0.1) is 0 Å². The van der Waals surface area contributed by atoms with Crippen molar-refractivity contribution in [2.24, 2.45) is 5.73 Å². The van der Waals surface area contributed by atoms with Gasteiger partial charge in [-0.25, -0.2) is 0 Å². The fraction of sp³-hybridized carbons (Fsp3) is 1.00. The number of hydrogen-bond acceptors (Lipinski definition) is 3. The zero-order valence-electron chi connectivity index (χ0n) is 9.09. The first-order valence-electron chi connectivity index (χ1n) is 5.27. The quantitative estimate of drug-likeness (QED) is 0.550. The molecule has 3 nitrogen and oxygen atoms in total. The third-order valence-electron chi connectivity index (χ3n) is 2.03. The summed E-state index contributed by atoms with van der Waals surface area (Å²) in [4.78, 5) is 2.33. The molecule has 0 aromatic heterocycles. The Morgan fingerprint density at radius 2 is 1.85 bits per heavy atom. The van der Waals surface area contributed by atoms with Crippen LogP contribution in [0.3, 0.4) is 0 Å². The number of rotatable bonds is 9. The lowest BCUT2D eigenvalue weighted by Crippen LogP contribution is -2.23. The molecule has 0 aromatic rings. The molecule has 0 amide bonds. The molecule has 0 aliphatic heterocycles. The monoisotopic (exact) mass is 188 g/mol. The number of hydrogen-bond donors (Lipinski definition) is 1. The van der Waals surface area contributed by atoms with Gasteiger partial charge in [0, 0.05) is 13.2 Å². The Hall–Kier alpha value is -0.120. The predicted octanol–water partition coefficient (Wildman–Crippen LogP) is 1.08. The van der Waals surface area contributed by atoms with Crippen LogP contribution in [-0.2, 0) is 4.74 Å². The molecule has 0 spiro atoms. The van der Waals surface area contributed by atoms with Crippen molar-refractivity contribution in [3.63, 3.8) is 0 Å². The summed E-state index contributed by atoms with van der Waals surface area (Å²) < 4.78 is 5.26. The molecule has 0 unspecified atom stereocenters. The average Bonchev–Trinajstić information content (AvgIpc) is 2.14. The molecular formula is C10H24N2O. The maximum absolute atomic E-state index is 5.42. The SMILES string of the molecule is CCOCCCCN(C)CCCN. The third-order valence-corrected chi connectivity index (χ3v) is 2.03. The van der Waals surface area contributed by atoms with E-state index in [0.717, 1.165) is 39.3 Å². The highest BCUT2D eigenvalue weighted by atomic mass is 16.5. The maximum Gasteiger partial charge on any atom is 0.0466 e. The van der Waals surface area contributed by atoms with Crippen molar-refractivity contribution in [3.05, 3.63) is 0 Å². The Kier molecular flexibility index (Phi) is 9.87. The second-order valence-corrected chi connectivity index (χ2v) is 3.35. The Balaban J connectivity index is 3.03. The van der Waals surface area contributed by atoms with Crippen LogP contribution in [0.1, 0.15) is 26.2 Å². The second-order valence-electron chi connectivity index (χ2n) is 3.35. The Labute approximate surface area is 82.2 Å². The first-order valence-corrected chi connectivity index (χ1v) is 5.27. The highest BCUT2D eigenvalue weighted by molar-refractivity contribution is 4.52. The van der Waals surface area contributed by atoms with Crippen LogP contribution in [-0.4, -0.2) is 44.8 Å². The summed E-state index contributed by atoms with van der Waals surface area (Å²) in [6.45, 7) is 6.85. The Morgan fingerprint density at radius 1 is 1.15 bits per heavy atom. The van der Waals surface area contributed by atoms with Gasteiger partial charge in [-0.2, -0.15) is 0 Å². The number of ether oxygens (including phenoxy) is 1. The van der Waals surface area contributed by atoms with Gasteiger partial charge >= 0.3 is 0 Å². The van der Waals surface area contributed by atoms with Crippen LogP contribution in [0, 0.1) is 0 Å². The van der Waals surface area contributed by atoms with Gasteiger partial charge < -0.3 is 15.4 Å². The van der Waals surface area contributed by atoms with E-state index in [0.29, 0.717) is 0 Å². The molecule has 0 heterocycles. The normalized spacial score (nSPS) is 11.1. The molecule has 0 bridgehead atoms. The molecule has 0 fully saturated rings. The number of nitrogens with two attached hydrogens (primary N) is 1. The first kappa shape index (κ1) is 12.9. The van der Waals surface area contributed by atoms with Gasteiger partial charge in [-0.15, -0.1) is 0 Å². The molecule has 0 aromatic carbocycles. The zero-order valence-corrected chi connectivity index (χ0v) is 9.09. The van der Waals surface area contributed by atoms with E-state index >= 15 is 0 Å². The number of unbranched alkanes of at least 4 members (excludes halogenated alkanes) is 1. The van der Waals surface area contributed by atoms with E-state index in [4.69, 9.17) is 10.5 Å². The van der Waals surface area contributed by atoms with Gasteiger partial charge in [-0.1, -0.05) is 0 Å². The average molecular weight is 188 g/mol. The fourth-order valence-electron chi connectivity index (χ4n) is 1.20. The lowest BCUT2D eigenvalue weighted by atomic mass is 10.3. The lowest BCUT2D eigenvalue weighted by molar-refractivity contribution is 0.140. The van der Waals surface area contributed by atoms with Crippen molar-refractivity contribution in [1.29, 1.82) is 0 Å². The van der Waals surface area contributed by atoms with E-state index in [2.05, 4.69) is 11.9 Å². The second kappa shape index (κ2) is 9.96. The summed E-state index contributed by atoms with van der Waals surface area (Å²) in [7, 11) is 2.15. The molecule has 0 aliphatic rings. The van der Waals surface area contributed by atoms with Gasteiger partial charge in [0.25, 0.3) is 0 Å². The van der Waals surface area contributed by atoms with Crippen LogP contribution in [0.25, 0.3) is 0 Å². The Morgan fingerprint density at radius 3 is 2.46 bits per heavy atom. The molecule has 80 valence electrons. The first-order chi connectivity index (χ1) is 6.31. The van der Waals surface area contributed by atoms with Gasteiger partial charge in [-0.05, 0) is 52.9 Å². The van der Waals surface area contributed by atoms with E-state index in [1.807, 2.05) is 6.92 Å². The largest absolute Gasteiger partial charge is 0.382 e. The van der Waals surface area contributed by atoms with Gasteiger partial charge in [0.15, 0.2) is 0 Å². The Bertz CT molecular complexity index is 98.9. The highest BCUT2D eigenvalue weighted by Gasteiger charge is 1.96. The summed E-state index contributed by atoms with van der Waals surface area (Å²) in [6, 6.07) is 0.